The van der Waals surface area contributed by atoms with Gasteiger partial charge >= 0.3 is 0 Å². The van der Waals surface area contributed by atoms with Gasteiger partial charge in [-0.3, -0.25) is 0 Å². The maximum Gasteiger partial charge on any atom is 0.160 e. The van der Waals surface area contributed by atoms with Gasteiger partial charge in [0.05, 0.1) is 33.3 Å². The summed E-state index contributed by atoms with van der Waals surface area (Å²) in [7, 11) is 0. The molecule has 0 amide bonds. The molecule has 0 bridgehead atoms. The van der Waals surface area contributed by atoms with Gasteiger partial charge in [-0.05, 0) is 115 Å². The Balaban J connectivity index is 0.898. The first kappa shape index (κ1) is 34.6. The molecule has 61 heavy (non-hydrogen) atoms. The number of allylic oxidation sites excluding steroid dienone is 8. The lowest BCUT2D eigenvalue weighted by Gasteiger charge is -2.20. The molecule has 0 saturated heterocycles. The fourth-order valence-corrected chi connectivity index (χ4v) is 11.4. The van der Waals surface area contributed by atoms with E-state index in [1.165, 1.54) is 81.4 Å². The highest BCUT2D eigenvalue weighted by atomic mass is 32.2. The Morgan fingerprint density at radius 1 is 0.508 bits per heavy atom. The first-order chi connectivity index (χ1) is 30.2. The van der Waals surface area contributed by atoms with Crippen molar-refractivity contribution < 1.29 is 0 Å². The van der Waals surface area contributed by atoms with Crippen LogP contribution in [0.1, 0.15) is 36.4 Å². The van der Waals surface area contributed by atoms with Gasteiger partial charge in [-0.15, -0.1) is 0 Å². The van der Waals surface area contributed by atoms with Gasteiger partial charge in [0.1, 0.15) is 0 Å². The molecule has 0 spiro atoms. The molecule has 0 fully saturated rings. The van der Waals surface area contributed by atoms with Gasteiger partial charge in [0.2, 0.25) is 0 Å². The zero-order chi connectivity index (χ0) is 40.0. The minimum Gasteiger partial charge on any atom is -0.310 e. The maximum atomic E-state index is 5.36. The van der Waals surface area contributed by atoms with E-state index in [2.05, 4.69) is 197 Å². The van der Waals surface area contributed by atoms with Crippen LogP contribution in [0.3, 0.4) is 0 Å². The van der Waals surface area contributed by atoms with Crippen molar-refractivity contribution in [3.8, 4) is 28.2 Å². The van der Waals surface area contributed by atoms with Crippen molar-refractivity contribution in [1.82, 2.24) is 19.1 Å². The van der Waals surface area contributed by atoms with Crippen LogP contribution in [0.5, 0.6) is 0 Å². The van der Waals surface area contributed by atoms with Gasteiger partial charge in [0.15, 0.2) is 5.82 Å². The minimum absolute atomic E-state index is 0.374. The minimum atomic E-state index is 0.374. The van der Waals surface area contributed by atoms with E-state index in [0.717, 1.165) is 52.9 Å². The molecule has 288 valence electrons. The molecule has 7 aromatic carbocycles. The van der Waals surface area contributed by atoms with Gasteiger partial charge in [-0.2, -0.15) is 0 Å². The first-order valence-electron chi connectivity index (χ1n) is 21.2. The third-order valence-corrected chi connectivity index (χ3v) is 14.2. The van der Waals surface area contributed by atoms with Crippen molar-refractivity contribution >= 4 is 77.5 Å². The zero-order valence-corrected chi connectivity index (χ0v) is 34.1. The van der Waals surface area contributed by atoms with Crippen LogP contribution in [-0.2, 0) is 0 Å². The van der Waals surface area contributed by atoms with Crippen molar-refractivity contribution in [2.75, 3.05) is 0 Å². The van der Waals surface area contributed by atoms with E-state index in [9.17, 15) is 0 Å². The summed E-state index contributed by atoms with van der Waals surface area (Å²) in [6.07, 6.45) is 14.7. The van der Waals surface area contributed by atoms with E-state index >= 15 is 0 Å². The molecule has 5 heteroatoms. The number of para-hydroxylation sites is 3. The third-order valence-electron chi connectivity index (χ3n) is 12.9. The van der Waals surface area contributed by atoms with E-state index in [4.69, 9.17) is 9.97 Å². The Morgan fingerprint density at radius 2 is 1.15 bits per heavy atom. The highest BCUT2D eigenvalue weighted by Gasteiger charge is 2.32. The molecule has 3 aliphatic rings. The molecule has 0 N–H and O–H groups in total. The standard InChI is InChI=1S/C56H38N4S/c1-2-13-38(14-3-1)59-49-22-9-5-15-40(49)46-33-36(27-31-51(46)59)37-28-32-52-47(34-37)41-16-6-10-23-50(41)60(52)39-29-25-35(26-30-39)56-57-48-21-8-4-18-44(48)54(58-56)45-20-12-19-43-42-17-7-11-24-53(42)61-55(43)45/h2,4-18,20-34,43H,1,3,19H2. The SMILES string of the molecule is C1=CC(n2c3ccccc3c3cc(-c4ccc5c(c4)c4ccccc4n5-c4ccc(-c5nc(C6=C7Sc8ccccc8C7CC=C6)c6ccccc6n5)cc4)ccc32)=CCC1. The van der Waals surface area contributed by atoms with Gasteiger partial charge in [-0.1, -0.05) is 121 Å². The Labute approximate surface area is 357 Å². The lowest BCUT2D eigenvalue weighted by molar-refractivity contribution is 0.840. The van der Waals surface area contributed by atoms with Crippen LogP contribution in [0.4, 0.5) is 0 Å². The summed E-state index contributed by atoms with van der Waals surface area (Å²) < 4.78 is 4.81. The van der Waals surface area contributed by atoms with Crippen molar-refractivity contribution in [2.45, 2.75) is 30.1 Å². The predicted molar refractivity (Wildman–Crippen MR) is 256 cm³/mol. The molecule has 3 aromatic heterocycles. The summed E-state index contributed by atoms with van der Waals surface area (Å²) in [6, 6.07) is 57.6. The number of rotatable bonds is 5. The van der Waals surface area contributed by atoms with Crippen LogP contribution >= 0.6 is 11.8 Å². The summed E-state index contributed by atoms with van der Waals surface area (Å²) in [5.41, 5.74) is 15.2. The molecule has 13 rings (SSSR count). The number of thioether (sulfide) groups is 1. The summed E-state index contributed by atoms with van der Waals surface area (Å²) in [5.74, 6) is 1.11. The number of hydrogen-bond acceptors (Lipinski definition) is 3. The van der Waals surface area contributed by atoms with Crippen molar-refractivity contribution in [1.29, 1.82) is 0 Å². The highest BCUT2D eigenvalue weighted by Crippen LogP contribution is 2.55. The lowest BCUT2D eigenvalue weighted by Crippen LogP contribution is -2.04. The quantitative estimate of drug-likeness (QED) is 0.174. The second kappa shape index (κ2) is 13.7. The number of hydrogen-bond donors (Lipinski definition) is 0. The van der Waals surface area contributed by atoms with Crippen LogP contribution in [0, 0.1) is 0 Å². The fraction of sp³-hybridized carbons (Fsp3) is 0.0714. The van der Waals surface area contributed by atoms with Crippen LogP contribution in [0.25, 0.3) is 94.0 Å². The molecule has 2 aliphatic carbocycles. The summed E-state index contributed by atoms with van der Waals surface area (Å²) in [4.78, 5) is 13.2. The van der Waals surface area contributed by atoms with E-state index in [1.54, 1.807) is 0 Å². The smallest absolute Gasteiger partial charge is 0.160 e. The molecule has 10 aromatic rings. The fourth-order valence-electron chi connectivity index (χ4n) is 10.1. The predicted octanol–water partition coefficient (Wildman–Crippen LogP) is 14.9. The molecule has 0 radical (unpaired) electrons. The summed E-state index contributed by atoms with van der Waals surface area (Å²) in [6.45, 7) is 0. The van der Waals surface area contributed by atoms with E-state index in [1.807, 2.05) is 11.8 Å². The van der Waals surface area contributed by atoms with Gasteiger partial charge in [0, 0.05) is 65.2 Å². The second-order valence-electron chi connectivity index (χ2n) is 16.3. The van der Waals surface area contributed by atoms with Crippen LogP contribution in [-0.4, -0.2) is 19.1 Å². The maximum absolute atomic E-state index is 5.36. The average Bonchev–Trinajstić information content (AvgIpc) is 3.99. The molecule has 1 atom stereocenters. The van der Waals surface area contributed by atoms with Gasteiger partial charge in [-0.25, -0.2) is 9.97 Å². The monoisotopic (exact) mass is 798 g/mol. The number of aromatic nitrogens is 4. The molecule has 4 heterocycles. The average molecular weight is 799 g/mol. The Morgan fingerprint density at radius 3 is 1.90 bits per heavy atom. The van der Waals surface area contributed by atoms with E-state index < -0.39 is 0 Å². The molecular weight excluding hydrogens is 761 g/mol. The van der Waals surface area contributed by atoms with Crippen molar-refractivity contribution in [3.05, 3.63) is 204 Å². The second-order valence-corrected chi connectivity index (χ2v) is 17.4. The first-order valence-corrected chi connectivity index (χ1v) is 22.1. The third kappa shape index (κ3) is 5.40. The summed E-state index contributed by atoms with van der Waals surface area (Å²) >= 11 is 1.90. The number of benzene rings is 7. The summed E-state index contributed by atoms with van der Waals surface area (Å²) in [5, 5.41) is 6.11. The number of nitrogens with zero attached hydrogens (tertiary/aromatic N) is 4. The van der Waals surface area contributed by atoms with Crippen LogP contribution in [0.2, 0.25) is 0 Å². The molecule has 0 saturated carbocycles. The number of fused-ring (bicyclic) bond motifs is 10. The Kier molecular flexibility index (Phi) is 7.76. The Bertz CT molecular complexity index is 3600. The topological polar surface area (TPSA) is 35.6 Å². The van der Waals surface area contributed by atoms with Gasteiger partial charge in [0.25, 0.3) is 0 Å². The highest BCUT2D eigenvalue weighted by molar-refractivity contribution is 8.03. The lowest BCUT2D eigenvalue weighted by atomic mass is 9.88. The van der Waals surface area contributed by atoms with E-state index in [-0.39, 0.29) is 0 Å². The molecule has 1 unspecified atom stereocenters. The Hall–Kier alpha value is -7.21. The zero-order valence-electron chi connectivity index (χ0n) is 33.3. The van der Waals surface area contributed by atoms with Crippen molar-refractivity contribution in [2.24, 2.45) is 0 Å². The van der Waals surface area contributed by atoms with Crippen LogP contribution in [0.15, 0.2) is 198 Å². The normalized spacial score (nSPS) is 16.0. The molecular formula is C56H38N4S. The van der Waals surface area contributed by atoms with Gasteiger partial charge < -0.3 is 9.13 Å². The van der Waals surface area contributed by atoms with E-state index in [0.29, 0.717) is 5.92 Å². The molecule has 1 aliphatic heterocycles. The van der Waals surface area contributed by atoms with Crippen LogP contribution < -0.4 is 0 Å². The van der Waals surface area contributed by atoms with Crippen molar-refractivity contribution in [3.63, 3.8) is 0 Å². The largest absolute Gasteiger partial charge is 0.310 e. The molecule has 4 nitrogen and oxygen atoms in total.